The van der Waals surface area contributed by atoms with E-state index in [1.165, 1.54) is 12.8 Å². The second-order valence-electron chi connectivity index (χ2n) is 4.51. The summed E-state index contributed by atoms with van der Waals surface area (Å²) in [6.45, 7) is 7.55. The van der Waals surface area contributed by atoms with Gasteiger partial charge < -0.3 is 10.2 Å². The average Bonchev–Trinajstić information content (AvgIpc) is 2.41. The minimum absolute atomic E-state index is 0.577. The van der Waals surface area contributed by atoms with Crippen molar-refractivity contribution in [2.24, 2.45) is 0 Å². The van der Waals surface area contributed by atoms with Crippen LogP contribution in [0.25, 0.3) is 0 Å². The van der Waals surface area contributed by atoms with Crippen LogP contribution in [-0.2, 0) is 6.42 Å². The number of aromatic nitrogens is 2. The van der Waals surface area contributed by atoms with E-state index in [4.69, 9.17) is 0 Å². The van der Waals surface area contributed by atoms with Crippen LogP contribution >= 0.6 is 0 Å². The lowest BCUT2D eigenvalue weighted by molar-refractivity contribution is 0.433. The number of rotatable bonds is 4. The lowest BCUT2D eigenvalue weighted by Gasteiger charge is -2.34. The smallest absolute Gasteiger partial charge is 0.132 e. The molecule has 0 aromatic carbocycles. The maximum atomic E-state index is 4.42. The molecule has 0 radical (unpaired) electrons. The number of hydrogen-bond acceptors (Lipinski definition) is 4. The van der Waals surface area contributed by atoms with Crippen molar-refractivity contribution in [1.82, 2.24) is 15.3 Å². The van der Waals surface area contributed by atoms with Crippen molar-refractivity contribution >= 4 is 5.82 Å². The van der Waals surface area contributed by atoms with Crippen LogP contribution in [0.4, 0.5) is 5.82 Å². The first kappa shape index (κ1) is 12.3. The van der Waals surface area contributed by atoms with Gasteiger partial charge in [-0.3, -0.25) is 0 Å². The fourth-order valence-corrected chi connectivity index (χ4v) is 2.44. The SMILES string of the molecule is CCc1cc(N(CC)C2CCCNC2)ncn1. The Morgan fingerprint density at radius 2 is 2.29 bits per heavy atom. The number of likely N-dealkylation sites (N-methyl/N-ethyl adjacent to an activating group) is 1. The first-order valence-corrected chi connectivity index (χ1v) is 6.63. The molecule has 4 nitrogen and oxygen atoms in total. The first-order chi connectivity index (χ1) is 8.35. The molecule has 1 N–H and O–H groups in total. The Hall–Kier alpha value is -1.16. The van der Waals surface area contributed by atoms with E-state index in [1.54, 1.807) is 6.33 Å². The third-order valence-corrected chi connectivity index (χ3v) is 3.42. The van der Waals surface area contributed by atoms with E-state index >= 15 is 0 Å². The largest absolute Gasteiger partial charge is 0.353 e. The van der Waals surface area contributed by atoms with Gasteiger partial charge in [-0.2, -0.15) is 0 Å². The van der Waals surface area contributed by atoms with Crippen LogP contribution in [-0.4, -0.2) is 35.6 Å². The molecule has 0 aliphatic carbocycles. The predicted octanol–water partition coefficient (Wildman–Crippen LogP) is 1.62. The summed E-state index contributed by atoms with van der Waals surface area (Å²) in [6.07, 6.45) is 5.17. The fourth-order valence-electron chi connectivity index (χ4n) is 2.44. The predicted molar refractivity (Wildman–Crippen MR) is 70.3 cm³/mol. The van der Waals surface area contributed by atoms with E-state index < -0.39 is 0 Å². The molecule has 1 aromatic rings. The molecule has 17 heavy (non-hydrogen) atoms. The fraction of sp³-hybridized carbons (Fsp3) is 0.692. The van der Waals surface area contributed by atoms with E-state index in [1.807, 2.05) is 0 Å². The number of piperidine rings is 1. The van der Waals surface area contributed by atoms with Crippen LogP contribution in [0.2, 0.25) is 0 Å². The van der Waals surface area contributed by atoms with Crippen LogP contribution in [0.3, 0.4) is 0 Å². The van der Waals surface area contributed by atoms with Crippen molar-refractivity contribution in [3.63, 3.8) is 0 Å². The summed E-state index contributed by atoms with van der Waals surface area (Å²) < 4.78 is 0. The van der Waals surface area contributed by atoms with Crippen LogP contribution in [0, 0.1) is 0 Å². The quantitative estimate of drug-likeness (QED) is 0.859. The highest BCUT2D eigenvalue weighted by Crippen LogP contribution is 2.18. The maximum Gasteiger partial charge on any atom is 0.132 e. The van der Waals surface area contributed by atoms with Gasteiger partial charge in [-0.1, -0.05) is 6.92 Å². The molecule has 0 spiro atoms. The van der Waals surface area contributed by atoms with Gasteiger partial charge in [-0.05, 0) is 32.7 Å². The monoisotopic (exact) mass is 234 g/mol. The molecular formula is C13H22N4. The standard InChI is InChI=1S/C13H22N4/c1-3-11-8-13(16-10-15-11)17(4-2)12-6-5-7-14-9-12/h8,10,12,14H,3-7,9H2,1-2H3. The van der Waals surface area contributed by atoms with Gasteiger partial charge in [0.1, 0.15) is 12.1 Å². The van der Waals surface area contributed by atoms with Gasteiger partial charge in [0.05, 0.1) is 0 Å². The van der Waals surface area contributed by atoms with Crippen LogP contribution in [0.1, 0.15) is 32.4 Å². The third kappa shape index (κ3) is 2.94. The molecule has 2 rings (SSSR count). The summed E-state index contributed by atoms with van der Waals surface area (Å²) in [6, 6.07) is 2.70. The molecule has 1 unspecified atom stereocenters. The number of hydrogen-bond donors (Lipinski definition) is 1. The minimum atomic E-state index is 0.577. The van der Waals surface area contributed by atoms with Gasteiger partial charge in [0.2, 0.25) is 0 Å². The number of anilines is 1. The molecule has 4 heteroatoms. The van der Waals surface area contributed by atoms with E-state index in [2.05, 4.69) is 40.1 Å². The van der Waals surface area contributed by atoms with Gasteiger partial charge >= 0.3 is 0 Å². The topological polar surface area (TPSA) is 41.0 Å². The highest BCUT2D eigenvalue weighted by Gasteiger charge is 2.20. The van der Waals surface area contributed by atoms with E-state index in [0.717, 1.165) is 37.6 Å². The summed E-state index contributed by atoms with van der Waals surface area (Å²) in [5.74, 6) is 1.08. The molecule has 1 atom stereocenters. The molecule has 94 valence electrons. The molecular weight excluding hydrogens is 212 g/mol. The average molecular weight is 234 g/mol. The molecule has 1 aliphatic heterocycles. The maximum absolute atomic E-state index is 4.42. The second kappa shape index (κ2) is 5.96. The van der Waals surface area contributed by atoms with E-state index in [-0.39, 0.29) is 0 Å². The van der Waals surface area contributed by atoms with E-state index in [9.17, 15) is 0 Å². The Labute approximate surface area is 103 Å². The first-order valence-electron chi connectivity index (χ1n) is 6.63. The lowest BCUT2D eigenvalue weighted by atomic mass is 10.1. The molecule has 0 bridgehead atoms. The van der Waals surface area contributed by atoms with Crippen molar-refractivity contribution in [3.8, 4) is 0 Å². The Morgan fingerprint density at radius 3 is 2.94 bits per heavy atom. The van der Waals surface area contributed by atoms with Crippen molar-refractivity contribution in [2.75, 3.05) is 24.5 Å². The molecule has 1 aromatic heterocycles. The molecule has 0 saturated carbocycles. The van der Waals surface area contributed by atoms with Crippen LogP contribution < -0.4 is 10.2 Å². The van der Waals surface area contributed by atoms with Crippen LogP contribution in [0.5, 0.6) is 0 Å². The Kier molecular flexibility index (Phi) is 4.31. The normalized spacial score (nSPS) is 20.2. The zero-order chi connectivity index (χ0) is 12.1. The molecule has 2 heterocycles. The Bertz CT molecular complexity index is 347. The number of nitrogens with zero attached hydrogens (tertiary/aromatic N) is 3. The molecule has 1 saturated heterocycles. The Morgan fingerprint density at radius 1 is 1.41 bits per heavy atom. The zero-order valence-corrected chi connectivity index (χ0v) is 10.8. The third-order valence-electron chi connectivity index (χ3n) is 3.42. The van der Waals surface area contributed by atoms with Gasteiger partial charge in [-0.15, -0.1) is 0 Å². The van der Waals surface area contributed by atoms with Gasteiger partial charge in [-0.25, -0.2) is 9.97 Å². The summed E-state index contributed by atoms with van der Waals surface area (Å²) >= 11 is 0. The lowest BCUT2D eigenvalue weighted by Crippen LogP contribution is -2.46. The second-order valence-corrected chi connectivity index (χ2v) is 4.51. The Balaban J connectivity index is 2.15. The summed E-state index contributed by atoms with van der Waals surface area (Å²) in [5.41, 5.74) is 1.12. The van der Waals surface area contributed by atoms with Gasteiger partial charge in [0, 0.05) is 30.9 Å². The van der Waals surface area contributed by atoms with E-state index in [0.29, 0.717) is 6.04 Å². The molecule has 1 fully saturated rings. The van der Waals surface area contributed by atoms with Crippen molar-refractivity contribution in [2.45, 2.75) is 39.2 Å². The van der Waals surface area contributed by atoms with Crippen molar-refractivity contribution in [3.05, 3.63) is 18.1 Å². The van der Waals surface area contributed by atoms with Crippen molar-refractivity contribution in [1.29, 1.82) is 0 Å². The van der Waals surface area contributed by atoms with Crippen LogP contribution in [0.15, 0.2) is 12.4 Å². The molecule has 0 amide bonds. The molecule has 1 aliphatic rings. The minimum Gasteiger partial charge on any atom is -0.353 e. The highest BCUT2D eigenvalue weighted by molar-refractivity contribution is 5.40. The van der Waals surface area contributed by atoms with Crippen molar-refractivity contribution < 1.29 is 0 Å². The summed E-state index contributed by atoms with van der Waals surface area (Å²) in [5, 5.41) is 3.46. The number of nitrogens with one attached hydrogen (secondary N) is 1. The number of aryl methyl sites for hydroxylation is 1. The zero-order valence-electron chi connectivity index (χ0n) is 10.8. The highest BCUT2D eigenvalue weighted by atomic mass is 15.2. The summed E-state index contributed by atoms with van der Waals surface area (Å²) in [7, 11) is 0. The van der Waals surface area contributed by atoms with Gasteiger partial charge in [0.25, 0.3) is 0 Å². The summed E-state index contributed by atoms with van der Waals surface area (Å²) in [4.78, 5) is 11.1. The van der Waals surface area contributed by atoms with Gasteiger partial charge in [0.15, 0.2) is 0 Å².